The van der Waals surface area contributed by atoms with Crippen LogP contribution < -0.4 is 0 Å². The zero-order valence-corrected chi connectivity index (χ0v) is 73.4. The van der Waals surface area contributed by atoms with E-state index in [1.165, 1.54) is 193 Å². The first-order valence-corrected chi connectivity index (χ1v) is 46.2. The minimum absolute atomic E-state index is 0.123. The molecule has 0 saturated carbocycles. The molecule has 9 heteroatoms. The van der Waals surface area contributed by atoms with Crippen molar-refractivity contribution in [2.45, 2.75) is 46.0 Å². The van der Waals surface area contributed by atoms with Crippen molar-refractivity contribution in [2.75, 3.05) is 0 Å². The Hall–Kier alpha value is -15.1. The summed E-state index contributed by atoms with van der Waals surface area (Å²) in [6.45, 7) is 11.4. The fourth-order valence-electron chi connectivity index (χ4n) is 19.4. The van der Waals surface area contributed by atoms with Crippen molar-refractivity contribution in [3.05, 3.63) is 400 Å². The average Bonchev–Trinajstić information content (AvgIpc) is 1.23. The number of fused-ring (bicyclic) bond motifs is 28. The molecule has 0 N–H and O–H groups in total. The highest BCUT2D eigenvalue weighted by molar-refractivity contribution is 7.26. The highest BCUT2D eigenvalue weighted by Gasteiger charge is 2.21. The monoisotopic (exact) mass is 1690 g/mol. The molecular formula is C119H80N6S3. The number of nitrogens with zero attached hydrogens (tertiary/aromatic N) is 6. The van der Waals surface area contributed by atoms with Crippen LogP contribution in [0, 0.1) is 0 Å². The Labute approximate surface area is 751 Å². The molecule has 6 nitrogen and oxygen atoms in total. The van der Waals surface area contributed by atoms with Gasteiger partial charge in [0.15, 0.2) is 0 Å². The van der Waals surface area contributed by atoms with E-state index < -0.39 is 0 Å². The fourth-order valence-corrected chi connectivity index (χ4v) is 22.6. The lowest BCUT2D eigenvalue weighted by Gasteiger charge is -2.18. The van der Waals surface area contributed by atoms with Crippen LogP contribution >= 0.6 is 34.0 Å². The van der Waals surface area contributed by atoms with Crippen LogP contribution in [0.15, 0.2) is 389 Å². The van der Waals surface area contributed by atoms with Gasteiger partial charge in [0, 0.05) is 130 Å². The Balaban J connectivity index is 0.000000107. The van der Waals surface area contributed by atoms with Crippen molar-refractivity contribution in [3.8, 4) is 77.9 Å². The molecule has 0 spiro atoms. The summed E-state index contributed by atoms with van der Waals surface area (Å²) in [5.74, 6) is 0.517. The molecule has 0 aliphatic rings. The molecular weight excluding hydrogens is 1610 g/mol. The molecule has 20 aromatic carbocycles. The van der Waals surface area contributed by atoms with Crippen LogP contribution in [0.2, 0.25) is 0 Å². The topological polar surface area (TPSA) is 77.3 Å². The molecule has 0 atom stereocenters. The molecule has 604 valence electrons. The van der Waals surface area contributed by atoms with Gasteiger partial charge in [-0.2, -0.15) is 0 Å². The molecule has 26 aromatic rings. The number of hydrogen-bond donors (Lipinski definition) is 0. The first-order valence-electron chi connectivity index (χ1n) is 43.7. The predicted octanol–water partition coefficient (Wildman–Crippen LogP) is 34.2. The minimum atomic E-state index is 0.123. The summed E-state index contributed by atoms with van der Waals surface area (Å²) in [6, 6.07) is 129. The zero-order valence-electron chi connectivity index (χ0n) is 70.9. The first-order chi connectivity index (χ1) is 62.9. The van der Waals surface area contributed by atoms with Crippen molar-refractivity contribution >= 4 is 203 Å². The zero-order chi connectivity index (χ0) is 85.4. The lowest BCUT2D eigenvalue weighted by Crippen LogP contribution is -2.10. The van der Waals surface area contributed by atoms with Crippen LogP contribution in [0.25, 0.3) is 247 Å². The van der Waals surface area contributed by atoms with Crippen LogP contribution in [0.3, 0.4) is 0 Å². The molecule has 0 saturated heterocycles. The van der Waals surface area contributed by atoms with E-state index in [0.29, 0.717) is 5.92 Å². The van der Waals surface area contributed by atoms with E-state index in [-0.39, 0.29) is 5.41 Å². The van der Waals surface area contributed by atoms with E-state index >= 15 is 0 Å². The maximum atomic E-state index is 4.73. The Morgan fingerprint density at radius 2 is 0.453 bits per heavy atom. The highest BCUT2D eigenvalue weighted by atomic mass is 32.1. The van der Waals surface area contributed by atoms with Gasteiger partial charge >= 0.3 is 0 Å². The summed E-state index contributed by atoms with van der Waals surface area (Å²) in [5, 5.41) is 24.6. The maximum Gasteiger partial charge on any atom is 0.0971 e. The van der Waals surface area contributed by atoms with Gasteiger partial charge in [-0.25, -0.2) is 0 Å². The summed E-state index contributed by atoms with van der Waals surface area (Å²) in [7, 11) is 0. The molecule has 0 bridgehead atoms. The number of hydrogen-bond acceptors (Lipinski definition) is 9. The molecule has 128 heavy (non-hydrogen) atoms. The van der Waals surface area contributed by atoms with Gasteiger partial charge in [-0.05, 0) is 253 Å². The van der Waals surface area contributed by atoms with Crippen LogP contribution in [0.1, 0.15) is 51.7 Å². The van der Waals surface area contributed by atoms with Gasteiger partial charge in [0.2, 0.25) is 0 Å². The van der Waals surface area contributed by atoms with Crippen molar-refractivity contribution < 1.29 is 0 Å². The second kappa shape index (κ2) is 30.9. The lowest BCUT2D eigenvalue weighted by atomic mass is 9.86. The largest absolute Gasteiger partial charge is 0.252 e. The van der Waals surface area contributed by atoms with E-state index in [4.69, 9.17) is 19.9 Å². The van der Waals surface area contributed by atoms with Crippen LogP contribution in [-0.4, -0.2) is 29.9 Å². The summed E-state index contributed by atoms with van der Waals surface area (Å²) in [4.78, 5) is 28.2. The van der Waals surface area contributed by atoms with Gasteiger partial charge in [0.1, 0.15) is 0 Å². The fraction of sp³-hybridized carbons (Fsp3) is 0.0588. The normalized spacial score (nSPS) is 12.0. The Morgan fingerprint density at radius 1 is 0.195 bits per heavy atom. The summed E-state index contributed by atoms with van der Waals surface area (Å²) in [6.07, 6.45) is 10.7. The van der Waals surface area contributed by atoms with Gasteiger partial charge in [-0.3, -0.25) is 29.9 Å². The van der Waals surface area contributed by atoms with Crippen molar-refractivity contribution in [1.29, 1.82) is 0 Å². The molecule has 0 aliphatic carbocycles. The molecule has 6 heterocycles. The standard InChI is InChI=1S/C44H26N2S.C38H28N2S.C37H26N2S/c1-2-11-33-27(7-1)8-6-14-34(33)32-17-20-42-40(26-32)39-25-31(16-19-41(39)47-42)29-10-5-9-28(23-29)30-15-18-37-38(24-30)35-12-3-4-13-36(35)43-44(37)46-22-21-45-43;1-38(2,3)27-13-16-35-33(22-27)32-21-26(12-15-34(32)41-35)24-8-6-7-23(19-24)25-11-14-30-31(20-25)28-9-4-5-10-29(28)36-37(30)40-18-17-39-36;1-22(2)23-11-14-34-32(19-23)33-21-27(12-15-35(33)40-34)25-7-5-6-24(18-25)26-10-13-30-31(20-26)28-8-3-4-9-29(28)36-37(30)39-17-16-38-36/h1-26H;4-22H,1-3H3;3-22H,1-2H3. The Bertz CT molecular complexity index is 8970. The quantitative estimate of drug-likeness (QED) is 0.141. The minimum Gasteiger partial charge on any atom is -0.252 e. The Morgan fingerprint density at radius 3 is 0.812 bits per heavy atom. The number of aromatic nitrogens is 6. The van der Waals surface area contributed by atoms with E-state index in [1.807, 2.05) is 34.0 Å². The molecule has 26 rings (SSSR count). The SMILES string of the molecule is CC(C)(C)c1ccc2sc3ccc(-c4cccc(-c5ccc6c(c5)c5ccccc5c5nccnc65)c4)cc3c2c1.CC(C)c1ccc2sc3ccc(-c4cccc(-c5ccc6c(c5)c5ccccc5c5nccnc65)c4)cc3c2c1.c1cc(-c2ccc3sc4ccc(-c5cccc6ccccc56)cc4c3c2)cc(-c2ccc3c(c2)c2ccccc2c2nccnc32)c1. The van der Waals surface area contributed by atoms with Crippen LogP contribution in [0.4, 0.5) is 0 Å². The van der Waals surface area contributed by atoms with Gasteiger partial charge in [-0.15, -0.1) is 34.0 Å². The van der Waals surface area contributed by atoms with Crippen molar-refractivity contribution in [2.24, 2.45) is 0 Å². The van der Waals surface area contributed by atoms with Gasteiger partial charge in [-0.1, -0.05) is 277 Å². The second-order valence-corrected chi connectivity index (χ2v) is 38.2. The molecule has 6 aromatic heterocycles. The molecule has 0 fully saturated rings. The van der Waals surface area contributed by atoms with E-state index in [1.54, 1.807) is 37.2 Å². The van der Waals surface area contributed by atoms with E-state index in [2.05, 4.69) is 396 Å². The number of benzene rings is 20. The molecule has 0 aliphatic heterocycles. The van der Waals surface area contributed by atoms with E-state index in [0.717, 1.165) is 65.4 Å². The first kappa shape index (κ1) is 76.5. The summed E-state index contributed by atoms with van der Waals surface area (Å²) < 4.78 is 8.00. The smallest absolute Gasteiger partial charge is 0.0971 e. The summed E-state index contributed by atoms with van der Waals surface area (Å²) >= 11 is 5.62. The highest BCUT2D eigenvalue weighted by Crippen LogP contribution is 2.47. The molecule has 0 amide bonds. The van der Waals surface area contributed by atoms with Gasteiger partial charge in [0.25, 0.3) is 0 Å². The second-order valence-electron chi connectivity index (χ2n) is 35.0. The van der Waals surface area contributed by atoms with Crippen LogP contribution in [0.5, 0.6) is 0 Å². The third kappa shape index (κ3) is 13.3. The summed E-state index contributed by atoms with van der Waals surface area (Å²) in [5.41, 5.74) is 25.7. The van der Waals surface area contributed by atoms with Crippen LogP contribution in [-0.2, 0) is 5.41 Å². The molecule has 0 unspecified atom stereocenters. The van der Waals surface area contributed by atoms with Gasteiger partial charge in [0.05, 0.1) is 33.1 Å². The third-order valence-corrected chi connectivity index (χ3v) is 29.4. The average molecular weight is 1690 g/mol. The molecule has 0 radical (unpaired) electrons. The Kier molecular flexibility index (Phi) is 18.5. The van der Waals surface area contributed by atoms with E-state index in [9.17, 15) is 0 Å². The lowest BCUT2D eigenvalue weighted by molar-refractivity contribution is 0.591. The van der Waals surface area contributed by atoms with Gasteiger partial charge < -0.3 is 0 Å². The number of rotatable bonds is 8. The van der Waals surface area contributed by atoms with Crippen molar-refractivity contribution in [1.82, 2.24) is 29.9 Å². The number of thiophene rings is 3. The third-order valence-electron chi connectivity index (χ3n) is 26.0. The van der Waals surface area contributed by atoms with Crippen molar-refractivity contribution in [3.63, 3.8) is 0 Å². The predicted molar refractivity (Wildman–Crippen MR) is 551 cm³/mol. The maximum absolute atomic E-state index is 4.73.